The number of aryl methyl sites for hydroxylation is 1. The van der Waals surface area contributed by atoms with E-state index in [4.69, 9.17) is 0 Å². The minimum atomic E-state index is -0.431. The number of aromatic nitrogens is 2. The number of carbonyl (C=O) groups is 1. The quantitative estimate of drug-likeness (QED) is 0.860. The van der Waals surface area contributed by atoms with E-state index in [1.165, 1.54) is 12.1 Å². The van der Waals surface area contributed by atoms with Gasteiger partial charge >= 0.3 is 0 Å². The van der Waals surface area contributed by atoms with Crippen LogP contribution in [0.25, 0.3) is 0 Å². The molecule has 5 nitrogen and oxygen atoms in total. The lowest BCUT2D eigenvalue weighted by molar-refractivity contribution is -0.134. The average molecular weight is 340 g/mol. The van der Waals surface area contributed by atoms with Crippen LogP contribution in [0.3, 0.4) is 0 Å². The van der Waals surface area contributed by atoms with Gasteiger partial charge in [0, 0.05) is 26.2 Å². The minimum absolute atomic E-state index is 0.175. The Labute approximate surface area is 146 Å². The number of carbonyl (C=O) groups excluding carboxylic acids is 1. The number of hydrogen-bond acceptors (Lipinski definition) is 4. The van der Waals surface area contributed by atoms with Crippen LogP contribution in [-0.4, -0.2) is 47.2 Å². The molecule has 0 N–H and O–H groups in total. The first-order valence-electron chi connectivity index (χ1n) is 8.69. The zero-order valence-corrected chi connectivity index (χ0v) is 14.3. The van der Waals surface area contributed by atoms with Crippen LogP contribution in [0.2, 0.25) is 0 Å². The van der Waals surface area contributed by atoms with Crippen LogP contribution in [0, 0.1) is 12.7 Å². The van der Waals surface area contributed by atoms with Crippen molar-refractivity contribution in [3.63, 3.8) is 0 Å². The van der Waals surface area contributed by atoms with Crippen LogP contribution < -0.4 is 4.90 Å². The van der Waals surface area contributed by atoms with Gasteiger partial charge in [0.1, 0.15) is 5.82 Å². The van der Waals surface area contributed by atoms with Gasteiger partial charge in [-0.1, -0.05) is 12.1 Å². The lowest BCUT2D eigenvalue weighted by Gasteiger charge is -2.37. The predicted octanol–water partition coefficient (Wildman–Crippen LogP) is 2.30. The summed E-state index contributed by atoms with van der Waals surface area (Å²) in [5.74, 6) is 0.769. The van der Waals surface area contributed by atoms with Gasteiger partial charge in [-0.15, -0.1) is 5.10 Å². The van der Waals surface area contributed by atoms with Gasteiger partial charge in [0.25, 0.3) is 0 Å². The first-order chi connectivity index (χ1) is 12.1. The molecular weight excluding hydrogens is 319 g/mol. The molecule has 0 unspecified atom stereocenters. The lowest BCUT2D eigenvalue weighted by atomic mass is 9.94. The minimum Gasteiger partial charge on any atom is -0.352 e. The van der Waals surface area contributed by atoms with E-state index in [-0.39, 0.29) is 11.7 Å². The van der Waals surface area contributed by atoms with Crippen molar-refractivity contribution in [3.05, 3.63) is 53.5 Å². The van der Waals surface area contributed by atoms with Crippen LogP contribution in [0.1, 0.15) is 24.1 Å². The third-order valence-electron chi connectivity index (χ3n) is 5.23. The molecule has 0 spiro atoms. The fourth-order valence-corrected chi connectivity index (χ4v) is 3.52. The summed E-state index contributed by atoms with van der Waals surface area (Å²) in [5.41, 5.74) is 1.40. The highest BCUT2D eigenvalue weighted by Gasteiger charge is 2.53. The molecule has 1 amide bonds. The van der Waals surface area contributed by atoms with Crippen molar-refractivity contribution in [2.24, 2.45) is 0 Å². The van der Waals surface area contributed by atoms with Gasteiger partial charge in [-0.2, -0.15) is 5.10 Å². The molecule has 1 saturated carbocycles. The Morgan fingerprint density at radius 3 is 2.24 bits per heavy atom. The van der Waals surface area contributed by atoms with Gasteiger partial charge in [-0.05, 0) is 49.6 Å². The van der Waals surface area contributed by atoms with Crippen molar-refractivity contribution in [2.45, 2.75) is 25.2 Å². The van der Waals surface area contributed by atoms with E-state index in [1.54, 1.807) is 12.1 Å². The normalized spacial score (nSPS) is 19.0. The van der Waals surface area contributed by atoms with Gasteiger partial charge < -0.3 is 9.80 Å². The first kappa shape index (κ1) is 16.0. The number of anilines is 1. The number of halogens is 1. The van der Waals surface area contributed by atoms with Gasteiger partial charge in [0.05, 0.1) is 11.1 Å². The maximum absolute atomic E-state index is 13.2. The van der Waals surface area contributed by atoms with E-state index in [9.17, 15) is 9.18 Å². The van der Waals surface area contributed by atoms with E-state index in [0.29, 0.717) is 13.1 Å². The summed E-state index contributed by atoms with van der Waals surface area (Å²) in [6.07, 6.45) is 1.70. The van der Waals surface area contributed by atoms with Gasteiger partial charge in [0.15, 0.2) is 5.82 Å². The molecular formula is C19H21FN4O. The Kier molecular flexibility index (Phi) is 3.90. The summed E-state index contributed by atoms with van der Waals surface area (Å²) in [7, 11) is 0. The van der Waals surface area contributed by atoms with Crippen LogP contribution in [-0.2, 0) is 10.2 Å². The standard InChI is InChI=1S/C19H21FN4O/c1-14-2-7-17(22-21-14)23-10-12-24(13-11-23)18(25)19(8-9-19)15-3-5-16(20)6-4-15/h2-7H,8-13H2,1H3. The molecule has 2 aliphatic rings. The molecule has 130 valence electrons. The molecule has 1 aromatic carbocycles. The largest absolute Gasteiger partial charge is 0.352 e. The highest BCUT2D eigenvalue weighted by molar-refractivity contribution is 5.91. The molecule has 4 rings (SSSR count). The summed E-state index contributed by atoms with van der Waals surface area (Å²) in [4.78, 5) is 17.1. The SMILES string of the molecule is Cc1ccc(N2CCN(C(=O)C3(c4ccc(F)cc4)CC3)CC2)nn1. The molecule has 2 fully saturated rings. The molecule has 1 aliphatic heterocycles. The summed E-state index contributed by atoms with van der Waals surface area (Å²) in [5, 5.41) is 8.33. The number of benzene rings is 1. The Balaban J connectivity index is 1.43. The fourth-order valence-electron chi connectivity index (χ4n) is 3.52. The maximum atomic E-state index is 13.2. The number of rotatable bonds is 3. The lowest BCUT2D eigenvalue weighted by Crippen LogP contribution is -2.51. The highest BCUT2D eigenvalue weighted by Crippen LogP contribution is 2.49. The van der Waals surface area contributed by atoms with Gasteiger partial charge in [-0.3, -0.25) is 4.79 Å². The Morgan fingerprint density at radius 1 is 1.00 bits per heavy atom. The van der Waals surface area contributed by atoms with E-state index < -0.39 is 5.41 Å². The topological polar surface area (TPSA) is 49.3 Å². The summed E-state index contributed by atoms with van der Waals surface area (Å²) >= 11 is 0. The van der Waals surface area contributed by atoms with Crippen molar-refractivity contribution < 1.29 is 9.18 Å². The molecule has 2 aromatic rings. The zero-order valence-electron chi connectivity index (χ0n) is 14.3. The molecule has 2 heterocycles. The van der Waals surface area contributed by atoms with E-state index >= 15 is 0 Å². The molecule has 0 bridgehead atoms. The second-order valence-corrected chi connectivity index (χ2v) is 6.90. The number of nitrogens with zero attached hydrogens (tertiary/aromatic N) is 4. The molecule has 0 radical (unpaired) electrons. The molecule has 1 aromatic heterocycles. The van der Waals surface area contributed by atoms with Crippen LogP contribution in [0.5, 0.6) is 0 Å². The molecule has 1 aliphatic carbocycles. The van der Waals surface area contributed by atoms with Crippen molar-refractivity contribution in [1.29, 1.82) is 0 Å². The Morgan fingerprint density at radius 2 is 1.68 bits per heavy atom. The van der Waals surface area contributed by atoms with Crippen molar-refractivity contribution in [1.82, 2.24) is 15.1 Å². The Bertz CT molecular complexity index is 763. The average Bonchev–Trinajstić information content (AvgIpc) is 3.44. The van der Waals surface area contributed by atoms with Crippen LogP contribution in [0.4, 0.5) is 10.2 Å². The number of piperazine rings is 1. The second kappa shape index (κ2) is 6.10. The van der Waals surface area contributed by atoms with Crippen molar-refractivity contribution >= 4 is 11.7 Å². The third kappa shape index (κ3) is 2.97. The summed E-state index contributed by atoms with van der Waals surface area (Å²) < 4.78 is 13.2. The zero-order chi connectivity index (χ0) is 17.4. The van der Waals surface area contributed by atoms with E-state index in [2.05, 4.69) is 15.1 Å². The monoisotopic (exact) mass is 340 g/mol. The van der Waals surface area contributed by atoms with Crippen LogP contribution >= 0.6 is 0 Å². The molecule has 6 heteroatoms. The second-order valence-electron chi connectivity index (χ2n) is 6.90. The maximum Gasteiger partial charge on any atom is 0.233 e. The summed E-state index contributed by atoms with van der Waals surface area (Å²) in [6.45, 7) is 4.78. The van der Waals surface area contributed by atoms with E-state index in [0.717, 1.165) is 43.0 Å². The molecule has 25 heavy (non-hydrogen) atoms. The predicted molar refractivity (Wildman–Crippen MR) is 92.9 cm³/mol. The van der Waals surface area contributed by atoms with Gasteiger partial charge in [-0.25, -0.2) is 4.39 Å². The van der Waals surface area contributed by atoms with Crippen LogP contribution in [0.15, 0.2) is 36.4 Å². The van der Waals surface area contributed by atoms with E-state index in [1.807, 2.05) is 24.0 Å². The molecule has 1 saturated heterocycles. The highest BCUT2D eigenvalue weighted by atomic mass is 19.1. The molecule has 0 atom stereocenters. The number of hydrogen-bond donors (Lipinski definition) is 0. The van der Waals surface area contributed by atoms with Gasteiger partial charge in [0.2, 0.25) is 5.91 Å². The Hall–Kier alpha value is -2.50. The fraction of sp³-hybridized carbons (Fsp3) is 0.421. The third-order valence-corrected chi connectivity index (χ3v) is 5.23. The van der Waals surface area contributed by atoms with Crippen molar-refractivity contribution in [2.75, 3.05) is 31.1 Å². The smallest absolute Gasteiger partial charge is 0.233 e. The summed E-state index contributed by atoms with van der Waals surface area (Å²) in [6, 6.07) is 10.3. The number of amides is 1. The van der Waals surface area contributed by atoms with Crippen molar-refractivity contribution in [3.8, 4) is 0 Å². The first-order valence-corrected chi connectivity index (χ1v) is 8.69.